The fourth-order valence-electron chi connectivity index (χ4n) is 2.19. The molecule has 104 valence electrons. The van der Waals surface area contributed by atoms with Crippen molar-refractivity contribution in [2.24, 2.45) is 18.4 Å². The summed E-state index contributed by atoms with van der Waals surface area (Å²) in [5, 5.41) is 7.82. The predicted octanol–water partition coefficient (Wildman–Crippen LogP) is 3.01. The number of aromatic nitrogens is 2. The molecule has 1 atom stereocenters. The summed E-state index contributed by atoms with van der Waals surface area (Å²) >= 11 is 0. The van der Waals surface area contributed by atoms with Crippen molar-refractivity contribution in [3.63, 3.8) is 0 Å². The molecule has 3 heteroatoms. The van der Waals surface area contributed by atoms with E-state index >= 15 is 0 Å². The fraction of sp³-hybridized carbons (Fsp3) is 0.800. The number of nitrogens with zero attached hydrogens (tertiary/aromatic N) is 2. The number of rotatable bonds is 8. The molecule has 1 N–H and O–H groups in total. The molecule has 1 heterocycles. The summed E-state index contributed by atoms with van der Waals surface area (Å²) in [5.74, 6) is 0.690. The van der Waals surface area contributed by atoms with Crippen LogP contribution in [0, 0.1) is 11.3 Å². The lowest BCUT2D eigenvalue weighted by Gasteiger charge is -2.34. The van der Waals surface area contributed by atoms with Gasteiger partial charge in [-0.1, -0.05) is 27.7 Å². The van der Waals surface area contributed by atoms with E-state index in [9.17, 15) is 0 Å². The summed E-state index contributed by atoms with van der Waals surface area (Å²) in [7, 11) is 2.03. The molecule has 0 radical (unpaired) electrons. The second kappa shape index (κ2) is 6.93. The van der Waals surface area contributed by atoms with Gasteiger partial charge in [-0.05, 0) is 43.2 Å². The van der Waals surface area contributed by atoms with Gasteiger partial charge in [0.25, 0.3) is 0 Å². The van der Waals surface area contributed by atoms with Crippen LogP contribution in [0.15, 0.2) is 12.3 Å². The summed E-state index contributed by atoms with van der Waals surface area (Å²) in [4.78, 5) is 0. The van der Waals surface area contributed by atoms with Gasteiger partial charge in [0.05, 0.1) is 0 Å². The molecule has 0 aliphatic heterocycles. The van der Waals surface area contributed by atoms with Gasteiger partial charge in [-0.2, -0.15) is 5.10 Å². The molecule has 1 aromatic heterocycles. The maximum atomic E-state index is 4.24. The summed E-state index contributed by atoms with van der Waals surface area (Å²) in [6.45, 7) is 11.5. The zero-order valence-corrected chi connectivity index (χ0v) is 12.7. The summed E-state index contributed by atoms with van der Waals surface area (Å²) in [5.41, 5.74) is 1.69. The second-order valence-electron chi connectivity index (χ2n) is 5.93. The van der Waals surface area contributed by atoms with Crippen molar-refractivity contribution in [1.82, 2.24) is 15.1 Å². The minimum Gasteiger partial charge on any atom is -0.316 e. The van der Waals surface area contributed by atoms with Gasteiger partial charge in [0.2, 0.25) is 0 Å². The molecule has 3 nitrogen and oxygen atoms in total. The molecule has 0 aliphatic carbocycles. The second-order valence-corrected chi connectivity index (χ2v) is 5.93. The Labute approximate surface area is 112 Å². The van der Waals surface area contributed by atoms with Crippen LogP contribution in [0.2, 0.25) is 0 Å². The fourth-order valence-corrected chi connectivity index (χ4v) is 2.19. The summed E-state index contributed by atoms with van der Waals surface area (Å²) in [6, 6.07) is 2.13. The van der Waals surface area contributed by atoms with Crippen LogP contribution < -0.4 is 5.32 Å². The molecule has 1 rings (SSSR count). The van der Waals surface area contributed by atoms with Crippen LogP contribution in [0.3, 0.4) is 0 Å². The molecule has 0 aliphatic rings. The van der Waals surface area contributed by atoms with E-state index in [1.165, 1.54) is 18.5 Å². The maximum Gasteiger partial charge on any atom is 0.0492 e. The van der Waals surface area contributed by atoms with Gasteiger partial charge >= 0.3 is 0 Å². The van der Waals surface area contributed by atoms with Gasteiger partial charge in [0.15, 0.2) is 0 Å². The number of aryl methyl sites for hydroxylation is 2. The highest BCUT2D eigenvalue weighted by Crippen LogP contribution is 2.31. The van der Waals surface area contributed by atoms with Crippen LogP contribution >= 0.6 is 0 Å². The molecular formula is C15H29N3. The quantitative estimate of drug-likeness (QED) is 0.720. The Hall–Kier alpha value is -0.830. The van der Waals surface area contributed by atoms with Crippen LogP contribution in [0.5, 0.6) is 0 Å². The lowest BCUT2D eigenvalue weighted by atomic mass is 9.75. The molecule has 1 aromatic rings. The first-order valence-corrected chi connectivity index (χ1v) is 7.17. The zero-order valence-electron chi connectivity index (χ0n) is 12.7. The van der Waals surface area contributed by atoms with Crippen molar-refractivity contribution in [3.8, 4) is 0 Å². The van der Waals surface area contributed by atoms with Gasteiger partial charge in [-0.25, -0.2) is 0 Å². The monoisotopic (exact) mass is 251 g/mol. The first-order valence-electron chi connectivity index (χ1n) is 7.17. The van der Waals surface area contributed by atoms with E-state index < -0.39 is 0 Å². The van der Waals surface area contributed by atoms with Crippen LogP contribution in [0.1, 0.15) is 46.2 Å². The summed E-state index contributed by atoms with van der Waals surface area (Å²) in [6.07, 6.45) is 5.41. The average Bonchev–Trinajstić information content (AvgIpc) is 2.72. The van der Waals surface area contributed by atoms with E-state index in [2.05, 4.69) is 44.2 Å². The van der Waals surface area contributed by atoms with Crippen molar-refractivity contribution >= 4 is 0 Å². The maximum absolute atomic E-state index is 4.24. The minimum atomic E-state index is 0.361. The predicted molar refractivity (Wildman–Crippen MR) is 77.6 cm³/mol. The molecule has 0 saturated carbocycles. The number of hydrogen-bond donors (Lipinski definition) is 1. The topological polar surface area (TPSA) is 29.9 Å². The largest absolute Gasteiger partial charge is 0.316 e. The van der Waals surface area contributed by atoms with Gasteiger partial charge in [-0.15, -0.1) is 0 Å². The van der Waals surface area contributed by atoms with Crippen LogP contribution in [-0.2, 0) is 13.5 Å². The van der Waals surface area contributed by atoms with E-state index in [-0.39, 0.29) is 0 Å². The van der Waals surface area contributed by atoms with Crippen molar-refractivity contribution < 1.29 is 0 Å². The Balaban J connectivity index is 2.54. The Morgan fingerprint density at radius 1 is 1.44 bits per heavy atom. The molecule has 0 saturated heterocycles. The van der Waals surface area contributed by atoms with Crippen molar-refractivity contribution in [2.45, 2.75) is 47.0 Å². The van der Waals surface area contributed by atoms with E-state index in [0.29, 0.717) is 11.3 Å². The van der Waals surface area contributed by atoms with Gasteiger partial charge in [0, 0.05) is 25.5 Å². The smallest absolute Gasteiger partial charge is 0.0492 e. The molecular weight excluding hydrogens is 222 g/mol. The number of hydrogen-bond acceptors (Lipinski definition) is 2. The van der Waals surface area contributed by atoms with Crippen molar-refractivity contribution in [3.05, 3.63) is 18.0 Å². The van der Waals surface area contributed by atoms with E-state index in [0.717, 1.165) is 19.5 Å². The Bertz CT molecular complexity index is 343. The normalized spacial score (nSPS) is 15.0. The molecule has 0 bridgehead atoms. The minimum absolute atomic E-state index is 0.361. The Kier molecular flexibility index (Phi) is 5.86. The van der Waals surface area contributed by atoms with Crippen LogP contribution in [0.25, 0.3) is 0 Å². The van der Waals surface area contributed by atoms with E-state index in [4.69, 9.17) is 0 Å². The lowest BCUT2D eigenvalue weighted by molar-refractivity contribution is 0.190. The Morgan fingerprint density at radius 3 is 2.67 bits per heavy atom. The lowest BCUT2D eigenvalue weighted by Crippen LogP contribution is -2.37. The molecule has 0 spiro atoms. The first kappa shape index (κ1) is 15.2. The molecule has 18 heavy (non-hydrogen) atoms. The van der Waals surface area contributed by atoms with Crippen LogP contribution in [0.4, 0.5) is 0 Å². The van der Waals surface area contributed by atoms with E-state index in [1.54, 1.807) is 0 Å². The van der Waals surface area contributed by atoms with Crippen LogP contribution in [-0.4, -0.2) is 22.9 Å². The SMILES string of the molecule is CCCNCC(C)(CCc1ccnn1C)C(C)C. The third-order valence-corrected chi connectivity index (χ3v) is 4.22. The first-order chi connectivity index (χ1) is 8.49. The third kappa shape index (κ3) is 4.13. The zero-order chi connectivity index (χ0) is 13.6. The van der Waals surface area contributed by atoms with E-state index in [1.807, 2.05) is 17.9 Å². The van der Waals surface area contributed by atoms with Gasteiger partial charge in [0.1, 0.15) is 0 Å². The average molecular weight is 251 g/mol. The van der Waals surface area contributed by atoms with Gasteiger partial charge < -0.3 is 5.32 Å². The van der Waals surface area contributed by atoms with Gasteiger partial charge in [-0.3, -0.25) is 4.68 Å². The standard InChI is InChI=1S/C15H29N3/c1-6-10-16-12-15(4,13(2)3)9-7-14-8-11-17-18(14)5/h8,11,13,16H,6-7,9-10,12H2,1-5H3. The van der Waals surface area contributed by atoms with Crippen molar-refractivity contribution in [1.29, 1.82) is 0 Å². The molecule has 0 fully saturated rings. The Morgan fingerprint density at radius 2 is 2.17 bits per heavy atom. The van der Waals surface area contributed by atoms with Crippen molar-refractivity contribution in [2.75, 3.05) is 13.1 Å². The molecule has 0 amide bonds. The third-order valence-electron chi connectivity index (χ3n) is 4.22. The highest BCUT2D eigenvalue weighted by molar-refractivity contribution is 5.01. The highest BCUT2D eigenvalue weighted by atomic mass is 15.2. The number of nitrogens with one attached hydrogen (secondary N) is 1. The summed E-state index contributed by atoms with van der Waals surface area (Å²) < 4.78 is 1.99. The molecule has 1 unspecified atom stereocenters. The highest BCUT2D eigenvalue weighted by Gasteiger charge is 2.27. The molecule has 0 aromatic carbocycles.